The first kappa shape index (κ1) is 79.9. The molecule has 478 valence electrons. The lowest BCUT2D eigenvalue weighted by molar-refractivity contribution is -0.870. The van der Waals surface area contributed by atoms with E-state index < -0.39 is 32.5 Å². The summed E-state index contributed by atoms with van der Waals surface area (Å²) < 4.78 is 34.6. The highest BCUT2D eigenvalue weighted by atomic mass is 31.2. The lowest BCUT2D eigenvalue weighted by Crippen LogP contribution is -2.37. The molecule has 0 saturated heterocycles. The van der Waals surface area contributed by atoms with Crippen molar-refractivity contribution in [1.82, 2.24) is 0 Å². The monoisotopic (exact) mass is 1190 g/mol. The van der Waals surface area contributed by atoms with Crippen LogP contribution < -0.4 is 0 Å². The number of carbonyl (C=O) groups is 2. The predicted molar refractivity (Wildman–Crippen MR) is 362 cm³/mol. The van der Waals surface area contributed by atoms with Gasteiger partial charge in [-0.05, 0) is 116 Å². The van der Waals surface area contributed by atoms with Crippen molar-refractivity contribution >= 4 is 19.8 Å². The summed E-state index contributed by atoms with van der Waals surface area (Å²) in [4.78, 5) is 35.8. The molecule has 0 fully saturated rings. The molecule has 84 heavy (non-hydrogen) atoms. The highest BCUT2D eigenvalue weighted by Gasteiger charge is 2.27. The minimum Gasteiger partial charge on any atom is -0.462 e. The number of hydrogen-bond donors (Lipinski definition) is 1. The number of quaternary nitrogens is 1. The summed E-state index contributed by atoms with van der Waals surface area (Å²) in [5.41, 5.74) is 0. The van der Waals surface area contributed by atoms with Crippen molar-refractivity contribution in [3.63, 3.8) is 0 Å². The molecule has 0 amide bonds. The summed E-state index contributed by atoms with van der Waals surface area (Å²) in [5.74, 6) is -0.850. The van der Waals surface area contributed by atoms with Crippen LogP contribution >= 0.6 is 7.82 Å². The average Bonchev–Trinajstić information content (AvgIpc) is 3.61. The van der Waals surface area contributed by atoms with Crippen LogP contribution in [0.1, 0.15) is 258 Å². The van der Waals surface area contributed by atoms with Crippen LogP contribution in [0.25, 0.3) is 0 Å². The number of phosphoric ester groups is 1. The second-order valence-corrected chi connectivity index (χ2v) is 24.5. The van der Waals surface area contributed by atoms with Crippen molar-refractivity contribution in [2.45, 2.75) is 264 Å². The molecule has 0 saturated carbocycles. The van der Waals surface area contributed by atoms with E-state index in [0.717, 1.165) is 109 Å². The lowest BCUT2D eigenvalue weighted by Gasteiger charge is -2.24. The molecule has 0 heterocycles. The van der Waals surface area contributed by atoms with Crippen LogP contribution in [0.15, 0.2) is 146 Å². The Morgan fingerprint density at radius 1 is 0.369 bits per heavy atom. The van der Waals surface area contributed by atoms with Gasteiger partial charge in [-0.1, -0.05) is 275 Å². The molecule has 9 nitrogen and oxygen atoms in total. The highest BCUT2D eigenvalue weighted by molar-refractivity contribution is 7.47. The van der Waals surface area contributed by atoms with Crippen LogP contribution in [0.5, 0.6) is 0 Å². The van der Waals surface area contributed by atoms with E-state index in [2.05, 4.69) is 160 Å². The molecule has 0 aliphatic rings. The maximum absolute atomic E-state index is 12.9. The van der Waals surface area contributed by atoms with Gasteiger partial charge in [0, 0.05) is 12.8 Å². The highest BCUT2D eigenvalue weighted by Crippen LogP contribution is 2.43. The third-order valence-electron chi connectivity index (χ3n) is 13.9. The van der Waals surface area contributed by atoms with E-state index in [-0.39, 0.29) is 26.1 Å². The van der Waals surface area contributed by atoms with Gasteiger partial charge in [0.2, 0.25) is 0 Å². The maximum Gasteiger partial charge on any atom is 0.472 e. The van der Waals surface area contributed by atoms with Gasteiger partial charge in [0.05, 0.1) is 27.7 Å². The zero-order chi connectivity index (χ0) is 61.2. The Balaban J connectivity index is 4.06. The summed E-state index contributed by atoms with van der Waals surface area (Å²) in [6, 6.07) is 0. The molecule has 2 unspecified atom stereocenters. The Labute approximate surface area is 516 Å². The van der Waals surface area contributed by atoms with Crippen LogP contribution in [0.4, 0.5) is 0 Å². The van der Waals surface area contributed by atoms with E-state index in [4.69, 9.17) is 18.5 Å². The van der Waals surface area contributed by atoms with Gasteiger partial charge in [0.1, 0.15) is 19.8 Å². The van der Waals surface area contributed by atoms with Gasteiger partial charge in [0.15, 0.2) is 6.10 Å². The standard InChI is InChI=1S/C74H124NO8P/c1-6-8-10-12-14-16-18-20-22-24-26-28-29-30-31-32-33-34-35-36-37-38-39-40-41-42-43-44-45-47-49-51-53-55-57-59-61-63-65-67-74(77)83-72(71-82-84(78,79)81-69-68-75(3,4)5)70-80-73(76)66-64-62-60-58-56-54-52-50-48-46-27-25-23-21-19-17-15-13-11-9-7-2/h8-11,14-17,20-23,26-28,30-31,33-34,46,50,52,56,58,72H,6-7,12-13,18-19,24-25,29,32,35-45,47-49,51,53-55,57,59-71H2,1-5H3/p+1/b10-8-,11-9-,16-14-,17-15-,22-20-,23-21-,28-26-,31-30-,34-33-,46-27-,52-50-,58-56-. The molecule has 0 aromatic heterocycles. The summed E-state index contributed by atoms with van der Waals surface area (Å²) >= 11 is 0. The fourth-order valence-corrected chi connectivity index (χ4v) is 9.53. The van der Waals surface area contributed by atoms with Gasteiger partial charge >= 0.3 is 19.8 Å². The van der Waals surface area contributed by atoms with E-state index in [1.165, 1.54) is 109 Å². The number of likely N-dealkylation sites (N-methyl/N-ethyl adjacent to an activating group) is 1. The predicted octanol–water partition coefficient (Wildman–Crippen LogP) is 21.8. The van der Waals surface area contributed by atoms with Crippen LogP contribution in [0.3, 0.4) is 0 Å². The van der Waals surface area contributed by atoms with Crippen molar-refractivity contribution in [3.05, 3.63) is 146 Å². The van der Waals surface area contributed by atoms with E-state index in [9.17, 15) is 19.0 Å². The summed E-state index contributed by atoms with van der Waals surface area (Å²) in [6.07, 6.45) is 93.8. The number of allylic oxidation sites excluding steroid dienone is 24. The molecule has 0 aliphatic carbocycles. The molecule has 0 bridgehead atoms. The number of carbonyl (C=O) groups excluding carboxylic acids is 2. The largest absolute Gasteiger partial charge is 0.472 e. The van der Waals surface area contributed by atoms with Crippen LogP contribution in [-0.4, -0.2) is 74.9 Å². The molecule has 0 aromatic rings. The normalized spacial score (nSPS) is 14.1. The number of rotatable bonds is 60. The third-order valence-corrected chi connectivity index (χ3v) is 14.8. The van der Waals surface area contributed by atoms with E-state index in [1.54, 1.807) is 0 Å². The van der Waals surface area contributed by atoms with Gasteiger partial charge in [-0.25, -0.2) is 4.57 Å². The molecule has 0 radical (unpaired) electrons. The first-order chi connectivity index (χ1) is 41.0. The summed E-state index contributed by atoms with van der Waals surface area (Å²) in [5, 5.41) is 0. The van der Waals surface area contributed by atoms with Crippen molar-refractivity contribution in [3.8, 4) is 0 Å². The topological polar surface area (TPSA) is 108 Å². The maximum atomic E-state index is 12.9. The molecule has 10 heteroatoms. The van der Waals surface area contributed by atoms with E-state index >= 15 is 0 Å². The Morgan fingerprint density at radius 3 is 0.976 bits per heavy atom. The Hall–Kier alpha value is -4.11. The third kappa shape index (κ3) is 67.0. The minimum absolute atomic E-state index is 0.0187. The van der Waals surface area contributed by atoms with Crippen LogP contribution in [-0.2, 0) is 32.7 Å². The smallest absolute Gasteiger partial charge is 0.462 e. The fraction of sp³-hybridized carbons (Fsp3) is 0.649. The molecule has 0 aromatic carbocycles. The van der Waals surface area contributed by atoms with Crippen molar-refractivity contribution < 1.29 is 42.1 Å². The number of ether oxygens (including phenoxy) is 2. The summed E-state index contributed by atoms with van der Waals surface area (Å²) in [6.45, 7) is 4.15. The van der Waals surface area contributed by atoms with E-state index in [0.29, 0.717) is 23.9 Å². The van der Waals surface area contributed by atoms with Gasteiger partial charge in [-0.3, -0.25) is 18.6 Å². The molecule has 2 atom stereocenters. The SMILES string of the molecule is CC/C=C\C/C=C\C/C=C\C/C=C\C/C=C\C/C=C\CCCCCCCCCCCCCCCCCCCCCCC(=O)OC(COC(=O)CCCC/C=C\C/C=C\C/C=C\C/C=C\C/C=C\C/C=C\CC)COP(=O)(O)OCC[N+](C)(C)C. The molecular formula is C74H125NO8P+. The molecule has 0 rings (SSSR count). The zero-order valence-electron chi connectivity index (χ0n) is 54.3. The molecule has 0 aliphatic heterocycles. The van der Waals surface area contributed by atoms with Gasteiger partial charge < -0.3 is 18.9 Å². The number of hydrogen-bond acceptors (Lipinski definition) is 7. The number of esters is 2. The van der Waals surface area contributed by atoms with Gasteiger partial charge in [0.25, 0.3) is 0 Å². The average molecular weight is 1190 g/mol. The number of nitrogens with zero attached hydrogens (tertiary/aromatic N) is 1. The minimum atomic E-state index is -4.41. The Bertz CT molecular complexity index is 1930. The van der Waals surface area contributed by atoms with E-state index in [1.807, 2.05) is 21.1 Å². The second-order valence-electron chi connectivity index (χ2n) is 23.1. The van der Waals surface area contributed by atoms with Crippen molar-refractivity contribution in [1.29, 1.82) is 0 Å². The zero-order valence-corrected chi connectivity index (χ0v) is 55.2. The first-order valence-electron chi connectivity index (χ1n) is 33.6. The van der Waals surface area contributed by atoms with Crippen LogP contribution in [0, 0.1) is 0 Å². The first-order valence-corrected chi connectivity index (χ1v) is 35.1. The van der Waals surface area contributed by atoms with Crippen LogP contribution in [0.2, 0.25) is 0 Å². The quantitative estimate of drug-likeness (QED) is 0.0211. The number of unbranched alkanes of at least 4 members (excludes halogenated alkanes) is 22. The number of phosphoric acid groups is 1. The van der Waals surface area contributed by atoms with Crippen molar-refractivity contribution in [2.24, 2.45) is 0 Å². The molecule has 1 N–H and O–H groups in total. The Kier molecular flexibility index (Phi) is 60.3. The lowest BCUT2D eigenvalue weighted by atomic mass is 10.0. The molecular weight excluding hydrogens is 1060 g/mol. The van der Waals surface area contributed by atoms with Gasteiger partial charge in [-0.15, -0.1) is 0 Å². The van der Waals surface area contributed by atoms with Gasteiger partial charge in [-0.2, -0.15) is 0 Å². The second kappa shape index (κ2) is 63.4. The summed E-state index contributed by atoms with van der Waals surface area (Å²) in [7, 11) is 1.44. The Morgan fingerprint density at radius 2 is 0.643 bits per heavy atom. The molecule has 0 spiro atoms. The van der Waals surface area contributed by atoms with Crippen molar-refractivity contribution in [2.75, 3.05) is 47.5 Å². The fourth-order valence-electron chi connectivity index (χ4n) is 8.79.